The number of hydrogen-bond donors (Lipinski definition) is 1. The predicted molar refractivity (Wildman–Crippen MR) is 153 cm³/mol. The summed E-state index contributed by atoms with van der Waals surface area (Å²) in [6, 6.07) is 34.3. The molecule has 6 nitrogen and oxygen atoms in total. The number of hydrazone groups is 1. The highest BCUT2D eigenvalue weighted by Gasteiger charge is 2.13. The molecule has 1 N–H and O–H groups in total. The second-order valence-corrected chi connectivity index (χ2v) is 9.03. The molecular formula is C32H23ClN2O4. The van der Waals surface area contributed by atoms with Gasteiger partial charge in [0.05, 0.1) is 17.3 Å². The minimum absolute atomic E-state index is 0.294. The number of nitrogens with one attached hydrogen (secondary N) is 1. The van der Waals surface area contributed by atoms with Gasteiger partial charge in [0.15, 0.2) is 0 Å². The third kappa shape index (κ3) is 6.50. The first-order chi connectivity index (χ1) is 19.1. The van der Waals surface area contributed by atoms with E-state index < -0.39 is 11.9 Å². The average Bonchev–Trinajstić information content (AvgIpc) is 2.97. The molecule has 1 amide bonds. The third-order valence-corrected chi connectivity index (χ3v) is 6.17. The Balaban J connectivity index is 1.18. The van der Waals surface area contributed by atoms with Gasteiger partial charge in [0, 0.05) is 5.02 Å². The van der Waals surface area contributed by atoms with Gasteiger partial charge in [0.2, 0.25) is 0 Å². The molecule has 0 unspecified atom stereocenters. The molecule has 0 bridgehead atoms. The SMILES string of the molecule is O=C(NN=Cc1ccc(OC(=O)c2cccc3ccccc23)cc1)c1ccccc1OCc1ccc(Cl)cc1. The van der Waals surface area contributed by atoms with Crippen molar-refractivity contribution in [1.82, 2.24) is 5.43 Å². The van der Waals surface area contributed by atoms with Crippen LogP contribution in [0.1, 0.15) is 31.8 Å². The summed E-state index contributed by atoms with van der Waals surface area (Å²) in [6.07, 6.45) is 1.51. The molecular weight excluding hydrogens is 512 g/mol. The van der Waals surface area contributed by atoms with Crippen LogP contribution in [0.15, 0.2) is 120 Å². The molecule has 39 heavy (non-hydrogen) atoms. The zero-order valence-corrected chi connectivity index (χ0v) is 21.5. The van der Waals surface area contributed by atoms with Gasteiger partial charge in [-0.3, -0.25) is 4.79 Å². The molecule has 0 saturated heterocycles. The van der Waals surface area contributed by atoms with E-state index in [4.69, 9.17) is 21.1 Å². The Hall–Kier alpha value is -4.94. The van der Waals surface area contributed by atoms with Crippen LogP contribution in [-0.2, 0) is 6.61 Å². The van der Waals surface area contributed by atoms with Gasteiger partial charge >= 0.3 is 5.97 Å². The monoisotopic (exact) mass is 534 g/mol. The number of para-hydroxylation sites is 1. The van der Waals surface area contributed by atoms with Gasteiger partial charge in [-0.15, -0.1) is 0 Å². The van der Waals surface area contributed by atoms with Gasteiger partial charge in [-0.25, -0.2) is 10.2 Å². The van der Waals surface area contributed by atoms with Crippen LogP contribution in [0, 0.1) is 0 Å². The third-order valence-electron chi connectivity index (χ3n) is 5.92. The fourth-order valence-corrected chi connectivity index (χ4v) is 4.06. The molecule has 0 aromatic heterocycles. The van der Waals surface area contributed by atoms with Crippen LogP contribution in [0.5, 0.6) is 11.5 Å². The Labute approximate surface area is 230 Å². The van der Waals surface area contributed by atoms with E-state index in [1.165, 1.54) is 6.21 Å². The molecule has 5 aromatic carbocycles. The van der Waals surface area contributed by atoms with Crippen molar-refractivity contribution >= 4 is 40.5 Å². The van der Waals surface area contributed by atoms with Crippen molar-refractivity contribution < 1.29 is 19.1 Å². The number of amides is 1. The van der Waals surface area contributed by atoms with E-state index in [1.807, 2.05) is 48.5 Å². The van der Waals surface area contributed by atoms with Crippen molar-refractivity contribution in [2.45, 2.75) is 6.61 Å². The molecule has 0 heterocycles. The van der Waals surface area contributed by atoms with Crippen molar-refractivity contribution in [3.8, 4) is 11.5 Å². The number of fused-ring (bicyclic) bond motifs is 1. The number of halogens is 1. The highest BCUT2D eigenvalue weighted by Crippen LogP contribution is 2.22. The van der Waals surface area contributed by atoms with E-state index in [1.54, 1.807) is 66.7 Å². The maximum Gasteiger partial charge on any atom is 0.344 e. The number of rotatable bonds is 8. The van der Waals surface area contributed by atoms with Crippen molar-refractivity contribution in [2.24, 2.45) is 5.10 Å². The summed E-state index contributed by atoms with van der Waals surface area (Å²) >= 11 is 5.93. The average molecular weight is 535 g/mol. The molecule has 0 aliphatic carbocycles. The molecule has 0 saturated carbocycles. The van der Waals surface area contributed by atoms with Gasteiger partial charge in [0.25, 0.3) is 5.91 Å². The molecule has 0 radical (unpaired) electrons. The molecule has 0 aliphatic heterocycles. The van der Waals surface area contributed by atoms with E-state index >= 15 is 0 Å². The number of hydrogen-bond acceptors (Lipinski definition) is 5. The number of ether oxygens (including phenoxy) is 2. The summed E-state index contributed by atoms with van der Waals surface area (Å²) in [5.74, 6) is 0.00872. The van der Waals surface area contributed by atoms with E-state index in [0.717, 1.165) is 16.3 Å². The highest BCUT2D eigenvalue weighted by atomic mass is 35.5. The zero-order valence-electron chi connectivity index (χ0n) is 20.7. The molecule has 0 fully saturated rings. The number of benzene rings is 5. The number of nitrogens with zero attached hydrogens (tertiary/aromatic N) is 1. The summed E-state index contributed by atoms with van der Waals surface area (Å²) in [7, 11) is 0. The van der Waals surface area contributed by atoms with Crippen molar-refractivity contribution in [2.75, 3.05) is 0 Å². The lowest BCUT2D eigenvalue weighted by Gasteiger charge is -2.10. The van der Waals surface area contributed by atoms with Crippen LogP contribution in [-0.4, -0.2) is 18.1 Å². The molecule has 192 valence electrons. The summed E-state index contributed by atoms with van der Waals surface area (Å²) in [4.78, 5) is 25.5. The van der Waals surface area contributed by atoms with Crippen LogP contribution < -0.4 is 14.9 Å². The first-order valence-corrected chi connectivity index (χ1v) is 12.5. The highest BCUT2D eigenvalue weighted by molar-refractivity contribution is 6.30. The molecule has 0 aliphatic rings. The van der Waals surface area contributed by atoms with Gasteiger partial charge in [-0.2, -0.15) is 5.10 Å². The van der Waals surface area contributed by atoms with Crippen molar-refractivity contribution in [3.63, 3.8) is 0 Å². The summed E-state index contributed by atoms with van der Waals surface area (Å²) in [6.45, 7) is 0.294. The maximum atomic E-state index is 12.8. The van der Waals surface area contributed by atoms with E-state index in [2.05, 4.69) is 10.5 Å². The Bertz CT molecular complexity index is 1640. The first kappa shape index (κ1) is 25.7. The van der Waals surface area contributed by atoms with E-state index in [0.29, 0.717) is 39.8 Å². The lowest BCUT2D eigenvalue weighted by molar-refractivity contribution is 0.0736. The second-order valence-electron chi connectivity index (χ2n) is 8.60. The molecule has 5 aromatic rings. The molecule has 5 rings (SSSR count). The van der Waals surface area contributed by atoms with Crippen molar-refractivity contribution in [3.05, 3.63) is 143 Å². The Morgan fingerprint density at radius 3 is 2.28 bits per heavy atom. The summed E-state index contributed by atoms with van der Waals surface area (Å²) < 4.78 is 11.4. The van der Waals surface area contributed by atoms with Crippen molar-refractivity contribution in [1.29, 1.82) is 0 Å². The summed E-state index contributed by atoms with van der Waals surface area (Å²) in [5, 5.41) is 6.51. The van der Waals surface area contributed by atoms with Crippen LogP contribution in [0.4, 0.5) is 0 Å². The standard InChI is InChI=1S/C32H23ClN2O4/c33-25-16-12-23(13-17-25)21-38-30-11-4-3-9-29(30)31(36)35-34-20-22-14-18-26(19-15-22)39-32(37)28-10-5-7-24-6-1-2-8-27(24)28/h1-20H,21H2,(H,35,36). The lowest BCUT2D eigenvalue weighted by Crippen LogP contribution is -2.18. The van der Waals surface area contributed by atoms with Gasteiger partial charge in [0.1, 0.15) is 18.1 Å². The zero-order chi connectivity index (χ0) is 27.0. The predicted octanol–water partition coefficient (Wildman–Crippen LogP) is 7.06. The minimum atomic E-state index is -0.433. The van der Waals surface area contributed by atoms with Gasteiger partial charge in [-0.1, -0.05) is 72.3 Å². The minimum Gasteiger partial charge on any atom is -0.488 e. The Kier molecular flexibility index (Phi) is 7.95. The van der Waals surface area contributed by atoms with Crippen LogP contribution in [0.3, 0.4) is 0 Å². The van der Waals surface area contributed by atoms with Gasteiger partial charge < -0.3 is 9.47 Å². The second kappa shape index (κ2) is 12.1. The first-order valence-electron chi connectivity index (χ1n) is 12.2. The molecule has 0 spiro atoms. The molecule has 0 atom stereocenters. The Morgan fingerprint density at radius 2 is 1.46 bits per heavy atom. The van der Waals surface area contributed by atoms with E-state index in [9.17, 15) is 9.59 Å². The number of esters is 1. The Morgan fingerprint density at radius 1 is 0.769 bits per heavy atom. The quantitative estimate of drug-likeness (QED) is 0.100. The number of carbonyl (C=O) groups excluding carboxylic acids is 2. The molecule has 7 heteroatoms. The van der Waals surface area contributed by atoms with Crippen LogP contribution in [0.25, 0.3) is 10.8 Å². The fraction of sp³-hybridized carbons (Fsp3) is 0.0312. The van der Waals surface area contributed by atoms with Crippen LogP contribution in [0.2, 0.25) is 5.02 Å². The fourth-order valence-electron chi connectivity index (χ4n) is 3.93. The van der Waals surface area contributed by atoms with E-state index in [-0.39, 0.29) is 0 Å². The summed E-state index contributed by atoms with van der Waals surface area (Å²) in [5.41, 5.74) is 5.03. The normalized spacial score (nSPS) is 10.9. The topological polar surface area (TPSA) is 77.0 Å². The smallest absolute Gasteiger partial charge is 0.344 e. The maximum absolute atomic E-state index is 12.8. The number of carbonyl (C=O) groups is 2. The largest absolute Gasteiger partial charge is 0.488 e. The lowest BCUT2D eigenvalue weighted by atomic mass is 10.0. The van der Waals surface area contributed by atoms with Gasteiger partial charge in [-0.05, 0) is 76.5 Å². The van der Waals surface area contributed by atoms with Crippen LogP contribution >= 0.6 is 11.6 Å².